The molecule has 0 N–H and O–H groups in total. The van der Waals surface area contributed by atoms with Crippen molar-refractivity contribution in [2.45, 2.75) is 45.1 Å². The summed E-state index contributed by atoms with van der Waals surface area (Å²) in [6.45, 7) is 1.92. The van der Waals surface area contributed by atoms with Crippen LogP contribution < -0.4 is 4.74 Å². The molecular formula is C17H20ClFN2O. The molecule has 1 saturated carbocycles. The minimum absolute atomic E-state index is 0.224. The first kappa shape index (κ1) is 15.3. The monoisotopic (exact) mass is 322 g/mol. The molecule has 1 heterocycles. The van der Waals surface area contributed by atoms with Gasteiger partial charge in [0, 0.05) is 12.6 Å². The van der Waals surface area contributed by atoms with Gasteiger partial charge in [0.15, 0.2) is 0 Å². The fourth-order valence-corrected chi connectivity index (χ4v) is 3.38. The van der Waals surface area contributed by atoms with E-state index < -0.39 is 0 Å². The predicted molar refractivity (Wildman–Crippen MR) is 85.9 cm³/mol. The van der Waals surface area contributed by atoms with Crippen molar-refractivity contribution in [1.82, 2.24) is 9.78 Å². The van der Waals surface area contributed by atoms with Crippen LogP contribution in [0, 0.1) is 12.7 Å². The van der Waals surface area contributed by atoms with Gasteiger partial charge in [-0.05, 0) is 50.8 Å². The highest BCUT2D eigenvalue weighted by atomic mass is 35.5. The highest BCUT2D eigenvalue weighted by Crippen LogP contribution is 2.38. The van der Waals surface area contributed by atoms with E-state index >= 15 is 0 Å². The lowest BCUT2D eigenvalue weighted by Gasteiger charge is -2.23. The van der Waals surface area contributed by atoms with Gasteiger partial charge in [0.05, 0.1) is 16.3 Å². The van der Waals surface area contributed by atoms with Gasteiger partial charge >= 0.3 is 0 Å². The molecule has 1 aromatic heterocycles. The Morgan fingerprint density at radius 1 is 1.27 bits per heavy atom. The van der Waals surface area contributed by atoms with E-state index in [-0.39, 0.29) is 11.9 Å². The van der Waals surface area contributed by atoms with Crippen molar-refractivity contribution >= 4 is 11.6 Å². The molecule has 1 aromatic carbocycles. The van der Waals surface area contributed by atoms with Crippen LogP contribution in [0.5, 0.6) is 5.88 Å². The van der Waals surface area contributed by atoms with Gasteiger partial charge in [0.2, 0.25) is 5.88 Å². The summed E-state index contributed by atoms with van der Waals surface area (Å²) >= 11 is 6.23. The fraction of sp³-hybridized carbons (Fsp3) is 0.471. The Labute approximate surface area is 135 Å². The molecule has 1 fully saturated rings. The number of aromatic nitrogens is 2. The maximum atomic E-state index is 13.3. The Hall–Kier alpha value is -1.55. The summed E-state index contributed by atoms with van der Waals surface area (Å²) in [6.07, 6.45) is 6.05. The van der Waals surface area contributed by atoms with Crippen molar-refractivity contribution < 1.29 is 9.13 Å². The number of hydrogen-bond donors (Lipinski definition) is 0. The molecule has 1 aliphatic carbocycles. The van der Waals surface area contributed by atoms with Gasteiger partial charge in [-0.25, -0.2) is 9.07 Å². The molecule has 22 heavy (non-hydrogen) atoms. The Bertz CT molecular complexity index is 678. The van der Waals surface area contributed by atoms with E-state index in [4.69, 9.17) is 16.3 Å². The van der Waals surface area contributed by atoms with Crippen LogP contribution in [-0.2, 0) is 7.05 Å². The summed E-state index contributed by atoms with van der Waals surface area (Å²) in [4.78, 5) is 0. The van der Waals surface area contributed by atoms with Crippen LogP contribution in [-0.4, -0.2) is 15.9 Å². The van der Waals surface area contributed by atoms with Gasteiger partial charge in [0.25, 0.3) is 0 Å². The molecule has 0 bridgehead atoms. The third kappa shape index (κ3) is 2.98. The lowest BCUT2D eigenvalue weighted by atomic mass is 9.97. The summed E-state index contributed by atoms with van der Waals surface area (Å²) in [7, 11) is 1.87. The topological polar surface area (TPSA) is 27.1 Å². The average Bonchev–Trinajstić information content (AvgIpc) is 2.75. The quantitative estimate of drug-likeness (QED) is 0.803. The summed E-state index contributed by atoms with van der Waals surface area (Å²) in [5, 5.41) is 4.83. The molecule has 2 aromatic rings. The number of benzene rings is 1. The summed E-state index contributed by atoms with van der Waals surface area (Å²) in [5.41, 5.74) is 2.46. The maximum absolute atomic E-state index is 13.3. The Morgan fingerprint density at radius 3 is 2.68 bits per heavy atom. The first-order chi connectivity index (χ1) is 10.6. The fourth-order valence-electron chi connectivity index (χ4n) is 3.12. The van der Waals surface area contributed by atoms with Crippen molar-refractivity contribution in [3.05, 3.63) is 34.7 Å². The normalized spacial score (nSPS) is 16.0. The molecule has 0 radical (unpaired) electrons. The van der Waals surface area contributed by atoms with Crippen LogP contribution >= 0.6 is 11.6 Å². The number of halogens is 2. The Morgan fingerprint density at radius 2 is 2.00 bits per heavy atom. The van der Waals surface area contributed by atoms with Gasteiger partial charge in [-0.2, -0.15) is 5.10 Å². The van der Waals surface area contributed by atoms with Gasteiger partial charge in [-0.15, -0.1) is 0 Å². The molecule has 3 nitrogen and oxygen atoms in total. The minimum atomic E-state index is -0.343. The number of nitrogens with zero attached hydrogens (tertiary/aromatic N) is 2. The first-order valence-electron chi connectivity index (χ1n) is 7.72. The lowest BCUT2D eigenvalue weighted by molar-refractivity contribution is 0.143. The van der Waals surface area contributed by atoms with Gasteiger partial charge in [-0.3, -0.25) is 0 Å². The molecular weight excluding hydrogens is 303 g/mol. The molecule has 0 aliphatic heterocycles. The van der Waals surface area contributed by atoms with Crippen molar-refractivity contribution in [3.63, 3.8) is 0 Å². The number of hydrogen-bond acceptors (Lipinski definition) is 2. The molecule has 0 spiro atoms. The average molecular weight is 323 g/mol. The highest BCUT2D eigenvalue weighted by molar-refractivity contribution is 6.33. The second kappa shape index (κ2) is 6.29. The van der Waals surface area contributed by atoms with Crippen molar-refractivity contribution in [1.29, 1.82) is 0 Å². The smallest absolute Gasteiger partial charge is 0.220 e. The minimum Gasteiger partial charge on any atom is -0.474 e. The summed E-state index contributed by atoms with van der Waals surface area (Å²) in [5.74, 6) is 0.378. The highest BCUT2D eigenvalue weighted by Gasteiger charge is 2.23. The zero-order valence-electron chi connectivity index (χ0n) is 12.9. The zero-order chi connectivity index (χ0) is 15.7. The van der Waals surface area contributed by atoms with Gasteiger partial charge < -0.3 is 4.74 Å². The molecule has 0 saturated heterocycles. The van der Waals surface area contributed by atoms with E-state index in [1.807, 2.05) is 14.0 Å². The van der Waals surface area contributed by atoms with Gasteiger partial charge in [-0.1, -0.05) is 18.0 Å². The predicted octanol–water partition coefficient (Wildman–Crippen LogP) is 4.90. The van der Waals surface area contributed by atoms with Gasteiger partial charge in [0.1, 0.15) is 11.9 Å². The Kier molecular flexibility index (Phi) is 4.39. The largest absolute Gasteiger partial charge is 0.474 e. The summed E-state index contributed by atoms with van der Waals surface area (Å²) < 4.78 is 21.3. The molecule has 118 valence electrons. The first-order valence-corrected chi connectivity index (χ1v) is 8.09. The molecule has 0 atom stereocenters. The van der Waals surface area contributed by atoms with E-state index in [9.17, 15) is 4.39 Å². The van der Waals surface area contributed by atoms with Crippen LogP contribution in [0.15, 0.2) is 18.2 Å². The lowest BCUT2D eigenvalue weighted by Crippen LogP contribution is -2.21. The van der Waals surface area contributed by atoms with E-state index in [1.165, 1.54) is 31.4 Å². The van der Waals surface area contributed by atoms with Crippen molar-refractivity contribution in [2.75, 3.05) is 0 Å². The maximum Gasteiger partial charge on any atom is 0.220 e. The number of rotatable bonds is 3. The van der Waals surface area contributed by atoms with Crippen molar-refractivity contribution in [2.24, 2.45) is 7.05 Å². The molecule has 1 aliphatic rings. The van der Waals surface area contributed by atoms with Crippen LogP contribution in [0.2, 0.25) is 5.02 Å². The zero-order valence-corrected chi connectivity index (χ0v) is 13.7. The van der Waals surface area contributed by atoms with E-state index in [1.54, 1.807) is 10.7 Å². The van der Waals surface area contributed by atoms with E-state index in [0.717, 1.165) is 35.5 Å². The SMILES string of the molecule is Cc1nn(C)c(OC2CCCCC2)c1-c1ccc(F)cc1Cl. The standard InChI is InChI=1S/C17H20ClFN2O/c1-11-16(14-9-8-12(19)10-15(14)18)17(21(2)20-11)22-13-6-4-3-5-7-13/h8-10,13H,3-7H2,1-2H3. The second-order valence-electron chi connectivity index (χ2n) is 5.89. The van der Waals surface area contributed by atoms with Crippen LogP contribution in [0.3, 0.4) is 0 Å². The molecule has 0 amide bonds. The Balaban J connectivity index is 1.99. The van der Waals surface area contributed by atoms with E-state index in [2.05, 4.69) is 5.10 Å². The molecule has 0 unspecified atom stereocenters. The molecule has 5 heteroatoms. The molecule has 3 rings (SSSR count). The van der Waals surface area contributed by atoms with Crippen LogP contribution in [0.25, 0.3) is 11.1 Å². The second-order valence-corrected chi connectivity index (χ2v) is 6.30. The number of ether oxygens (including phenoxy) is 1. The third-order valence-electron chi connectivity index (χ3n) is 4.20. The van der Waals surface area contributed by atoms with Crippen molar-refractivity contribution in [3.8, 4) is 17.0 Å². The number of aryl methyl sites for hydroxylation is 2. The van der Waals surface area contributed by atoms with Crippen LogP contribution in [0.1, 0.15) is 37.8 Å². The van der Waals surface area contributed by atoms with E-state index in [0.29, 0.717) is 5.02 Å². The summed E-state index contributed by atoms with van der Waals surface area (Å²) in [6, 6.07) is 4.43. The van der Waals surface area contributed by atoms with Crippen LogP contribution in [0.4, 0.5) is 4.39 Å². The third-order valence-corrected chi connectivity index (χ3v) is 4.51.